The molecule has 1 N–H and O–H groups in total. The van der Waals surface area contributed by atoms with Gasteiger partial charge < -0.3 is 19.4 Å². The van der Waals surface area contributed by atoms with Crippen LogP contribution in [-0.2, 0) is 14.6 Å². The average Bonchev–Trinajstić information content (AvgIpc) is 3.06. The zero-order valence-electron chi connectivity index (χ0n) is 17.8. The molecule has 0 aliphatic carbocycles. The molecule has 1 atom stereocenters. The van der Waals surface area contributed by atoms with Crippen molar-refractivity contribution in [1.82, 2.24) is 4.90 Å². The monoisotopic (exact) mass is 424 g/mol. The number of methoxy groups -OCH3 is 1. The van der Waals surface area contributed by atoms with E-state index in [0.29, 0.717) is 25.4 Å². The van der Waals surface area contributed by atoms with Gasteiger partial charge in [0.1, 0.15) is 5.75 Å². The van der Waals surface area contributed by atoms with Crippen molar-refractivity contribution < 1.29 is 22.8 Å². The molecule has 0 radical (unpaired) electrons. The van der Waals surface area contributed by atoms with Crippen molar-refractivity contribution >= 4 is 21.4 Å². The Morgan fingerprint density at radius 1 is 1.28 bits per heavy atom. The van der Waals surface area contributed by atoms with Crippen molar-refractivity contribution in [2.24, 2.45) is 5.92 Å². The van der Waals surface area contributed by atoms with E-state index in [-0.39, 0.29) is 23.5 Å². The largest absolute Gasteiger partial charge is 0.495 e. The maximum absolute atomic E-state index is 13.1. The number of nitrogens with zero attached hydrogens (tertiary/aromatic N) is 2. The Morgan fingerprint density at radius 2 is 1.97 bits per heavy atom. The van der Waals surface area contributed by atoms with Crippen molar-refractivity contribution in [2.45, 2.75) is 26.3 Å². The van der Waals surface area contributed by atoms with Crippen molar-refractivity contribution in [2.75, 3.05) is 62.8 Å². The van der Waals surface area contributed by atoms with E-state index in [1.165, 1.54) is 4.90 Å². The number of sulfone groups is 1. The summed E-state index contributed by atoms with van der Waals surface area (Å²) in [7, 11) is -1.32. The second-order valence-electron chi connectivity index (χ2n) is 8.58. The van der Waals surface area contributed by atoms with Crippen molar-refractivity contribution in [1.29, 1.82) is 0 Å². The molecule has 3 rings (SSSR count). The molecule has 0 spiro atoms. The summed E-state index contributed by atoms with van der Waals surface area (Å²) in [6.07, 6.45) is 0.567. The maximum Gasteiger partial charge on any atom is 0.278 e. The van der Waals surface area contributed by atoms with Crippen LogP contribution in [0.3, 0.4) is 0 Å². The number of hydrogen-bond donors (Lipinski definition) is 1. The summed E-state index contributed by atoms with van der Waals surface area (Å²) in [6, 6.07) is 7.86. The molecule has 2 aliphatic rings. The van der Waals surface area contributed by atoms with E-state index >= 15 is 0 Å². The first kappa shape index (κ1) is 21.9. The van der Waals surface area contributed by atoms with Crippen LogP contribution in [0.15, 0.2) is 24.3 Å². The van der Waals surface area contributed by atoms with Crippen molar-refractivity contribution in [3.05, 3.63) is 24.3 Å². The Kier molecular flexibility index (Phi) is 7.05. The lowest BCUT2D eigenvalue weighted by atomic mass is 10.1. The number of rotatable bonds is 7. The van der Waals surface area contributed by atoms with E-state index in [0.717, 1.165) is 37.6 Å². The van der Waals surface area contributed by atoms with E-state index < -0.39 is 9.84 Å². The van der Waals surface area contributed by atoms with Gasteiger partial charge in [0.05, 0.1) is 50.5 Å². The van der Waals surface area contributed by atoms with Gasteiger partial charge in [0.15, 0.2) is 16.4 Å². The Labute approximate surface area is 174 Å². The third-order valence-electron chi connectivity index (χ3n) is 5.83. The molecular weight excluding hydrogens is 390 g/mol. The first-order valence-corrected chi connectivity index (χ1v) is 12.3. The van der Waals surface area contributed by atoms with E-state index in [2.05, 4.69) is 24.8 Å². The normalized spacial score (nSPS) is 22.1. The molecule has 0 aromatic heterocycles. The number of amides is 1. The zero-order chi connectivity index (χ0) is 21.0. The SMILES string of the molecule is COc1ccccc1N1CC[NH+](CC(=O)N(CC(C)C)[C@@H]2CCS(=O)(=O)C2)CC1. The molecule has 29 heavy (non-hydrogen) atoms. The lowest BCUT2D eigenvalue weighted by Gasteiger charge is -2.36. The highest BCUT2D eigenvalue weighted by molar-refractivity contribution is 7.91. The Morgan fingerprint density at radius 3 is 2.55 bits per heavy atom. The minimum Gasteiger partial charge on any atom is -0.495 e. The Bertz CT molecular complexity index is 804. The number of benzene rings is 1. The second kappa shape index (κ2) is 9.34. The van der Waals surface area contributed by atoms with Crippen LogP contribution in [0.5, 0.6) is 5.75 Å². The molecule has 0 saturated carbocycles. The van der Waals surface area contributed by atoms with Crippen LogP contribution in [0.2, 0.25) is 0 Å². The fourth-order valence-corrected chi connectivity index (χ4v) is 6.05. The van der Waals surface area contributed by atoms with E-state index in [4.69, 9.17) is 4.74 Å². The second-order valence-corrected chi connectivity index (χ2v) is 10.8. The summed E-state index contributed by atoms with van der Waals surface area (Å²) in [4.78, 5) is 18.5. The molecule has 7 nitrogen and oxygen atoms in total. The van der Waals surface area contributed by atoms with Crippen LogP contribution in [0.25, 0.3) is 0 Å². The number of carbonyl (C=O) groups excluding carboxylic acids is 1. The number of para-hydroxylation sites is 2. The summed E-state index contributed by atoms with van der Waals surface area (Å²) < 4.78 is 29.3. The summed E-state index contributed by atoms with van der Waals surface area (Å²) in [5, 5.41) is 0. The molecule has 1 aromatic rings. The van der Waals surface area contributed by atoms with Gasteiger partial charge in [-0.1, -0.05) is 26.0 Å². The predicted molar refractivity (Wildman–Crippen MR) is 114 cm³/mol. The molecular formula is C21H34N3O4S+. The maximum atomic E-state index is 13.1. The van der Waals surface area contributed by atoms with Gasteiger partial charge in [-0.3, -0.25) is 4.79 Å². The number of piperazine rings is 1. The lowest BCUT2D eigenvalue weighted by molar-refractivity contribution is -0.892. The first-order valence-electron chi connectivity index (χ1n) is 10.5. The average molecular weight is 425 g/mol. The fraction of sp³-hybridized carbons (Fsp3) is 0.667. The van der Waals surface area contributed by atoms with Crippen molar-refractivity contribution in [3.8, 4) is 5.75 Å². The molecule has 162 valence electrons. The smallest absolute Gasteiger partial charge is 0.278 e. The molecule has 2 aliphatic heterocycles. The van der Waals surface area contributed by atoms with Gasteiger partial charge >= 0.3 is 0 Å². The van der Waals surface area contributed by atoms with Crippen LogP contribution < -0.4 is 14.5 Å². The van der Waals surface area contributed by atoms with Crippen LogP contribution in [-0.4, -0.2) is 83.2 Å². The van der Waals surface area contributed by atoms with Crippen LogP contribution in [0.1, 0.15) is 20.3 Å². The van der Waals surface area contributed by atoms with Gasteiger partial charge in [0.2, 0.25) is 0 Å². The minimum absolute atomic E-state index is 0.0848. The zero-order valence-corrected chi connectivity index (χ0v) is 18.6. The number of carbonyl (C=O) groups is 1. The number of quaternary nitrogens is 1. The lowest BCUT2D eigenvalue weighted by Crippen LogP contribution is -3.16. The van der Waals surface area contributed by atoms with Gasteiger partial charge in [0, 0.05) is 12.6 Å². The highest BCUT2D eigenvalue weighted by Crippen LogP contribution is 2.27. The number of anilines is 1. The fourth-order valence-electron chi connectivity index (χ4n) is 4.32. The Balaban J connectivity index is 1.58. The van der Waals surface area contributed by atoms with E-state index in [1.54, 1.807) is 7.11 Å². The van der Waals surface area contributed by atoms with Crippen molar-refractivity contribution in [3.63, 3.8) is 0 Å². The third kappa shape index (κ3) is 5.63. The quantitative estimate of drug-likeness (QED) is 0.671. The van der Waals surface area contributed by atoms with Gasteiger partial charge in [-0.15, -0.1) is 0 Å². The highest BCUT2D eigenvalue weighted by atomic mass is 32.2. The summed E-state index contributed by atoms with van der Waals surface area (Å²) in [5.41, 5.74) is 1.10. The summed E-state index contributed by atoms with van der Waals surface area (Å²) >= 11 is 0. The molecule has 2 fully saturated rings. The molecule has 1 amide bonds. The summed E-state index contributed by atoms with van der Waals surface area (Å²) in [5.74, 6) is 1.59. The number of hydrogen-bond acceptors (Lipinski definition) is 5. The molecule has 8 heteroatoms. The minimum atomic E-state index is -3.01. The predicted octanol–water partition coefficient (Wildman–Crippen LogP) is 0.0718. The number of ether oxygens (including phenoxy) is 1. The molecule has 2 heterocycles. The summed E-state index contributed by atoms with van der Waals surface area (Å²) in [6.45, 7) is 8.69. The van der Waals surface area contributed by atoms with Gasteiger partial charge in [-0.2, -0.15) is 0 Å². The van der Waals surface area contributed by atoms with Gasteiger partial charge in [-0.25, -0.2) is 8.42 Å². The van der Waals surface area contributed by atoms with Gasteiger partial charge in [0.25, 0.3) is 5.91 Å². The van der Waals surface area contributed by atoms with Gasteiger partial charge in [-0.05, 0) is 24.5 Å². The first-order chi connectivity index (χ1) is 13.8. The third-order valence-corrected chi connectivity index (χ3v) is 7.58. The molecule has 1 aromatic carbocycles. The Hall–Kier alpha value is -1.80. The highest BCUT2D eigenvalue weighted by Gasteiger charge is 2.36. The number of nitrogens with one attached hydrogen (secondary N) is 1. The molecule has 2 saturated heterocycles. The van der Waals surface area contributed by atoms with E-state index in [9.17, 15) is 13.2 Å². The molecule has 0 unspecified atom stereocenters. The topological polar surface area (TPSA) is 71.4 Å². The van der Waals surface area contributed by atoms with E-state index in [1.807, 2.05) is 23.1 Å². The van der Waals surface area contributed by atoms with Crippen LogP contribution in [0, 0.1) is 5.92 Å². The standard InChI is InChI=1S/C21H33N3O4S/c1-17(2)14-24(18-8-13-29(26,27)16-18)21(25)15-22-9-11-23(12-10-22)19-6-4-5-7-20(19)28-3/h4-7,17-18H,8-16H2,1-3H3/p+1/t18-/m1/s1. The molecule has 0 bridgehead atoms. The van der Waals surface area contributed by atoms with Crippen LogP contribution >= 0.6 is 0 Å². The van der Waals surface area contributed by atoms with Crippen LogP contribution in [0.4, 0.5) is 5.69 Å².